The molecule has 1 saturated carbocycles. The normalized spacial score (nSPS) is 14.9. The van der Waals surface area contributed by atoms with Crippen molar-refractivity contribution in [1.82, 2.24) is 14.8 Å². The summed E-state index contributed by atoms with van der Waals surface area (Å²) in [6.07, 6.45) is 4.22. The molecule has 2 heterocycles. The van der Waals surface area contributed by atoms with E-state index in [1.54, 1.807) is 12.3 Å². The Morgan fingerprint density at radius 3 is 2.89 bits per heavy atom. The zero-order valence-corrected chi connectivity index (χ0v) is 10.3. The van der Waals surface area contributed by atoms with Crippen molar-refractivity contribution in [3.63, 3.8) is 0 Å². The van der Waals surface area contributed by atoms with Gasteiger partial charge in [-0.2, -0.15) is 5.10 Å². The molecule has 0 radical (unpaired) electrons. The topological polar surface area (TPSA) is 76.7 Å². The van der Waals surface area contributed by atoms with Crippen LogP contribution in [0.4, 0.5) is 5.82 Å². The maximum Gasteiger partial charge on any atom is 0.247 e. The van der Waals surface area contributed by atoms with Crippen LogP contribution < -0.4 is 11.3 Å². The van der Waals surface area contributed by atoms with Gasteiger partial charge in [0.25, 0.3) is 0 Å². The number of hydrogen-bond acceptors (Lipinski definition) is 3. The third-order valence-corrected chi connectivity index (χ3v) is 3.42. The number of hydrogen-bond donors (Lipinski definition) is 2. The number of nitrogens with two attached hydrogens (primary N) is 1. The molecule has 0 atom stereocenters. The van der Waals surface area contributed by atoms with Crippen LogP contribution in [0.15, 0.2) is 23.1 Å². The first kappa shape index (κ1) is 11.1. The van der Waals surface area contributed by atoms with E-state index in [0.29, 0.717) is 0 Å². The quantitative estimate of drug-likeness (QED) is 0.859. The van der Waals surface area contributed by atoms with Crippen molar-refractivity contribution in [1.29, 1.82) is 0 Å². The molecular formula is C13H16N4O. The van der Waals surface area contributed by atoms with Gasteiger partial charge in [0.05, 0.1) is 5.69 Å². The van der Waals surface area contributed by atoms with Crippen LogP contribution in [0.2, 0.25) is 0 Å². The fraction of sp³-hybridized carbons (Fsp3) is 0.385. The molecular weight excluding hydrogens is 228 g/mol. The Morgan fingerprint density at radius 2 is 2.28 bits per heavy atom. The Hall–Kier alpha value is -2.04. The summed E-state index contributed by atoms with van der Waals surface area (Å²) in [6.45, 7) is 2.86. The standard InChI is InChI=1S/C13H16N4O/c1-8-12(10-4-5-11(18)15-6-10)16-17(13(8)14)7-9-2-3-9/h4-6,9H,2-3,7,14H2,1H3,(H,15,18). The van der Waals surface area contributed by atoms with E-state index in [-0.39, 0.29) is 5.56 Å². The summed E-state index contributed by atoms with van der Waals surface area (Å²) in [5.41, 5.74) is 8.69. The maximum absolute atomic E-state index is 11.1. The summed E-state index contributed by atoms with van der Waals surface area (Å²) >= 11 is 0. The van der Waals surface area contributed by atoms with Crippen LogP contribution in [0.1, 0.15) is 18.4 Å². The number of rotatable bonds is 3. The lowest BCUT2D eigenvalue weighted by atomic mass is 10.1. The third kappa shape index (κ3) is 1.92. The largest absolute Gasteiger partial charge is 0.384 e. The van der Waals surface area contributed by atoms with Gasteiger partial charge >= 0.3 is 0 Å². The second-order valence-electron chi connectivity index (χ2n) is 4.93. The molecule has 0 saturated heterocycles. The lowest BCUT2D eigenvalue weighted by Gasteiger charge is -2.01. The van der Waals surface area contributed by atoms with Gasteiger partial charge in [-0.05, 0) is 31.7 Å². The van der Waals surface area contributed by atoms with Crippen LogP contribution in [0.5, 0.6) is 0 Å². The van der Waals surface area contributed by atoms with E-state index in [9.17, 15) is 4.79 Å². The molecule has 94 valence electrons. The summed E-state index contributed by atoms with van der Waals surface area (Å²) in [5, 5.41) is 4.56. The van der Waals surface area contributed by atoms with Crippen molar-refractivity contribution in [2.75, 3.05) is 5.73 Å². The SMILES string of the molecule is Cc1c(-c2ccc(=O)[nH]c2)nn(CC2CC2)c1N. The molecule has 5 nitrogen and oxygen atoms in total. The van der Waals surface area contributed by atoms with Crippen molar-refractivity contribution in [2.24, 2.45) is 5.92 Å². The summed E-state index contributed by atoms with van der Waals surface area (Å²) in [6, 6.07) is 3.28. The summed E-state index contributed by atoms with van der Waals surface area (Å²) in [5.74, 6) is 1.46. The molecule has 0 amide bonds. The minimum absolute atomic E-state index is 0.109. The molecule has 5 heteroatoms. The Bertz CT molecular complexity index is 616. The smallest absolute Gasteiger partial charge is 0.247 e. The molecule has 0 spiro atoms. The molecule has 2 aromatic rings. The van der Waals surface area contributed by atoms with Gasteiger partial charge < -0.3 is 10.7 Å². The first-order chi connectivity index (χ1) is 8.65. The number of nitrogens with zero attached hydrogens (tertiary/aromatic N) is 2. The predicted molar refractivity (Wildman–Crippen MR) is 70.2 cm³/mol. The van der Waals surface area contributed by atoms with Gasteiger partial charge in [0.1, 0.15) is 5.82 Å². The van der Waals surface area contributed by atoms with Crippen molar-refractivity contribution in [3.05, 3.63) is 34.2 Å². The number of nitrogen functional groups attached to an aromatic ring is 1. The van der Waals surface area contributed by atoms with Gasteiger partial charge in [0.2, 0.25) is 5.56 Å². The Morgan fingerprint density at radius 1 is 1.50 bits per heavy atom. The molecule has 3 rings (SSSR count). The molecule has 0 bridgehead atoms. The monoisotopic (exact) mass is 244 g/mol. The lowest BCUT2D eigenvalue weighted by Crippen LogP contribution is -2.06. The van der Waals surface area contributed by atoms with E-state index < -0.39 is 0 Å². The Balaban J connectivity index is 2.00. The summed E-state index contributed by atoms with van der Waals surface area (Å²) in [7, 11) is 0. The van der Waals surface area contributed by atoms with Gasteiger partial charge in [0.15, 0.2) is 0 Å². The fourth-order valence-electron chi connectivity index (χ4n) is 2.08. The number of anilines is 1. The van der Waals surface area contributed by atoms with Crippen molar-refractivity contribution in [2.45, 2.75) is 26.3 Å². The van der Waals surface area contributed by atoms with Crippen LogP contribution in [0.3, 0.4) is 0 Å². The molecule has 1 aliphatic rings. The van der Waals surface area contributed by atoms with Gasteiger partial charge in [-0.3, -0.25) is 4.79 Å². The Labute approximate surface area is 105 Å². The van der Waals surface area contributed by atoms with E-state index >= 15 is 0 Å². The van der Waals surface area contributed by atoms with Crippen molar-refractivity contribution < 1.29 is 0 Å². The first-order valence-electron chi connectivity index (χ1n) is 6.17. The van der Waals surface area contributed by atoms with E-state index in [2.05, 4.69) is 10.1 Å². The second-order valence-corrected chi connectivity index (χ2v) is 4.93. The van der Waals surface area contributed by atoms with Crippen LogP contribution in [-0.2, 0) is 6.54 Å². The molecule has 18 heavy (non-hydrogen) atoms. The van der Waals surface area contributed by atoms with Gasteiger partial charge in [-0.1, -0.05) is 0 Å². The van der Waals surface area contributed by atoms with Crippen LogP contribution in [0, 0.1) is 12.8 Å². The lowest BCUT2D eigenvalue weighted by molar-refractivity contribution is 0.572. The predicted octanol–water partition coefficient (Wildman–Crippen LogP) is 1.54. The zero-order chi connectivity index (χ0) is 12.7. The molecule has 0 aromatic carbocycles. The first-order valence-corrected chi connectivity index (χ1v) is 6.17. The minimum Gasteiger partial charge on any atom is -0.384 e. The molecule has 0 unspecified atom stereocenters. The van der Waals surface area contributed by atoms with Gasteiger partial charge in [-0.15, -0.1) is 0 Å². The highest BCUT2D eigenvalue weighted by molar-refractivity contribution is 5.67. The van der Waals surface area contributed by atoms with E-state index in [4.69, 9.17) is 5.73 Å². The number of aromatic amines is 1. The molecule has 1 aliphatic carbocycles. The average molecular weight is 244 g/mol. The minimum atomic E-state index is -0.109. The summed E-state index contributed by atoms with van der Waals surface area (Å²) in [4.78, 5) is 13.7. The number of H-pyrrole nitrogens is 1. The third-order valence-electron chi connectivity index (χ3n) is 3.42. The van der Waals surface area contributed by atoms with Crippen LogP contribution >= 0.6 is 0 Å². The second kappa shape index (κ2) is 4.01. The van der Waals surface area contributed by atoms with E-state index in [0.717, 1.165) is 35.1 Å². The molecule has 0 aliphatic heterocycles. The van der Waals surface area contributed by atoms with Crippen molar-refractivity contribution >= 4 is 5.82 Å². The maximum atomic E-state index is 11.1. The van der Waals surface area contributed by atoms with E-state index in [1.807, 2.05) is 11.6 Å². The van der Waals surface area contributed by atoms with Crippen molar-refractivity contribution in [3.8, 4) is 11.3 Å². The molecule has 2 aromatic heterocycles. The van der Waals surface area contributed by atoms with Gasteiger partial charge in [0, 0.05) is 29.9 Å². The number of aromatic nitrogens is 3. The zero-order valence-electron chi connectivity index (χ0n) is 10.3. The molecule has 1 fully saturated rings. The van der Waals surface area contributed by atoms with Crippen LogP contribution in [-0.4, -0.2) is 14.8 Å². The Kier molecular flexibility index (Phi) is 2.47. The fourth-order valence-corrected chi connectivity index (χ4v) is 2.08. The van der Waals surface area contributed by atoms with Crippen LogP contribution in [0.25, 0.3) is 11.3 Å². The van der Waals surface area contributed by atoms with E-state index in [1.165, 1.54) is 18.9 Å². The highest BCUT2D eigenvalue weighted by Gasteiger charge is 2.24. The average Bonchev–Trinajstić information content (AvgIpc) is 3.13. The number of pyridine rings is 1. The molecule has 3 N–H and O–H groups in total. The number of nitrogens with one attached hydrogen (secondary N) is 1. The van der Waals surface area contributed by atoms with Gasteiger partial charge in [-0.25, -0.2) is 4.68 Å². The summed E-state index contributed by atoms with van der Waals surface area (Å²) < 4.78 is 1.88. The highest BCUT2D eigenvalue weighted by atomic mass is 16.1. The highest BCUT2D eigenvalue weighted by Crippen LogP contribution is 2.33.